The number of hydrogen-bond acceptors (Lipinski definition) is 5. The minimum absolute atomic E-state index is 0.00406. The SMILES string of the molecule is CCNc1cc(NC(CO)C(C)C)nc(C(C)C)n1. The van der Waals surface area contributed by atoms with Crippen LogP contribution >= 0.6 is 0 Å². The summed E-state index contributed by atoms with van der Waals surface area (Å²) in [4.78, 5) is 8.99. The number of nitrogens with one attached hydrogen (secondary N) is 2. The van der Waals surface area contributed by atoms with Gasteiger partial charge in [0.15, 0.2) is 0 Å². The van der Waals surface area contributed by atoms with Crippen molar-refractivity contribution in [1.29, 1.82) is 0 Å². The summed E-state index contributed by atoms with van der Waals surface area (Å²) in [6, 6.07) is 1.89. The van der Waals surface area contributed by atoms with Crippen LogP contribution in [-0.4, -0.2) is 34.3 Å². The molecule has 0 amide bonds. The Morgan fingerprint density at radius 3 is 2.26 bits per heavy atom. The van der Waals surface area contributed by atoms with Crippen molar-refractivity contribution in [3.05, 3.63) is 11.9 Å². The molecule has 1 atom stereocenters. The molecule has 1 rings (SSSR count). The van der Waals surface area contributed by atoms with Gasteiger partial charge in [-0.25, -0.2) is 9.97 Å². The Labute approximate surface area is 115 Å². The quantitative estimate of drug-likeness (QED) is 0.707. The van der Waals surface area contributed by atoms with Crippen molar-refractivity contribution >= 4 is 11.6 Å². The molecule has 1 aromatic heterocycles. The number of anilines is 2. The third kappa shape index (κ3) is 4.67. The molecule has 0 aromatic carbocycles. The predicted molar refractivity (Wildman–Crippen MR) is 79.6 cm³/mol. The molecule has 0 radical (unpaired) electrons. The van der Waals surface area contributed by atoms with Gasteiger partial charge in [-0.15, -0.1) is 0 Å². The molecule has 0 saturated heterocycles. The van der Waals surface area contributed by atoms with Crippen LogP contribution in [0.2, 0.25) is 0 Å². The molecule has 19 heavy (non-hydrogen) atoms. The Morgan fingerprint density at radius 1 is 1.16 bits per heavy atom. The molecule has 1 aromatic rings. The van der Waals surface area contributed by atoms with Gasteiger partial charge in [0.2, 0.25) is 0 Å². The Hall–Kier alpha value is -1.36. The van der Waals surface area contributed by atoms with Crippen molar-refractivity contribution in [2.45, 2.75) is 46.6 Å². The second kappa shape index (κ2) is 7.28. The van der Waals surface area contributed by atoms with E-state index >= 15 is 0 Å². The summed E-state index contributed by atoms with van der Waals surface area (Å²) >= 11 is 0. The maximum Gasteiger partial charge on any atom is 0.135 e. The summed E-state index contributed by atoms with van der Waals surface area (Å²) in [5, 5.41) is 15.9. The van der Waals surface area contributed by atoms with Crippen LogP contribution in [0.5, 0.6) is 0 Å². The lowest BCUT2D eigenvalue weighted by molar-refractivity contribution is 0.249. The van der Waals surface area contributed by atoms with Gasteiger partial charge in [0, 0.05) is 18.5 Å². The summed E-state index contributed by atoms with van der Waals surface area (Å²) in [5.41, 5.74) is 0. The first-order chi connectivity index (χ1) is 8.97. The van der Waals surface area contributed by atoms with Crippen LogP contribution in [0.1, 0.15) is 46.4 Å². The average molecular weight is 266 g/mol. The van der Waals surface area contributed by atoms with Crippen LogP contribution in [0.4, 0.5) is 11.6 Å². The van der Waals surface area contributed by atoms with E-state index in [-0.39, 0.29) is 18.6 Å². The summed E-state index contributed by atoms with van der Waals surface area (Å²) < 4.78 is 0. The fraction of sp³-hybridized carbons (Fsp3) is 0.714. The minimum Gasteiger partial charge on any atom is -0.394 e. The van der Waals surface area contributed by atoms with Crippen LogP contribution in [0.3, 0.4) is 0 Å². The molecule has 5 nitrogen and oxygen atoms in total. The van der Waals surface area contributed by atoms with Crippen LogP contribution in [0.15, 0.2) is 6.07 Å². The van der Waals surface area contributed by atoms with Gasteiger partial charge in [0.25, 0.3) is 0 Å². The molecule has 0 aliphatic heterocycles. The number of nitrogens with zero attached hydrogens (tertiary/aromatic N) is 2. The van der Waals surface area contributed by atoms with Gasteiger partial charge < -0.3 is 15.7 Å². The average Bonchev–Trinajstić information content (AvgIpc) is 2.35. The Morgan fingerprint density at radius 2 is 1.79 bits per heavy atom. The van der Waals surface area contributed by atoms with Crippen LogP contribution in [-0.2, 0) is 0 Å². The van der Waals surface area contributed by atoms with Crippen molar-refractivity contribution in [3.63, 3.8) is 0 Å². The molecule has 108 valence electrons. The van der Waals surface area contributed by atoms with E-state index in [0.29, 0.717) is 5.92 Å². The standard InChI is InChI=1S/C14H26N4O/c1-6-15-12-7-13(16-11(8-19)9(2)3)18-14(17-12)10(4)5/h7,9-11,19H,6,8H2,1-5H3,(H2,15,16,17,18). The lowest BCUT2D eigenvalue weighted by atomic mass is 10.1. The molecular formula is C14H26N4O. The van der Waals surface area contributed by atoms with Gasteiger partial charge in [-0.3, -0.25) is 0 Å². The number of aliphatic hydroxyl groups excluding tert-OH is 1. The van der Waals surface area contributed by atoms with E-state index in [1.807, 2.05) is 13.0 Å². The van der Waals surface area contributed by atoms with E-state index in [4.69, 9.17) is 0 Å². The molecule has 5 heteroatoms. The molecule has 0 fully saturated rings. The summed E-state index contributed by atoms with van der Waals surface area (Å²) in [6.45, 7) is 11.2. The highest BCUT2D eigenvalue weighted by atomic mass is 16.3. The zero-order valence-corrected chi connectivity index (χ0v) is 12.6. The van der Waals surface area contributed by atoms with Gasteiger partial charge in [-0.2, -0.15) is 0 Å². The van der Waals surface area contributed by atoms with Gasteiger partial charge in [-0.1, -0.05) is 27.7 Å². The topological polar surface area (TPSA) is 70.1 Å². The summed E-state index contributed by atoms with van der Waals surface area (Å²) in [7, 11) is 0. The minimum atomic E-state index is 0.00406. The van der Waals surface area contributed by atoms with Crippen molar-refractivity contribution < 1.29 is 5.11 Å². The molecule has 0 aliphatic carbocycles. The lowest BCUT2D eigenvalue weighted by Gasteiger charge is -2.21. The molecule has 0 bridgehead atoms. The molecule has 1 heterocycles. The van der Waals surface area contributed by atoms with E-state index in [9.17, 15) is 5.11 Å². The number of aliphatic hydroxyl groups is 1. The van der Waals surface area contributed by atoms with E-state index in [0.717, 1.165) is 24.0 Å². The Balaban J connectivity index is 2.98. The first-order valence-electron chi connectivity index (χ1n) is 6.98. The van der Waals surface area contributed by atoms with Gasteiger partial charge in [0.05, 0.1) is 12.6 Å². The van der Waals surface area contributed by atoms with Crippen molar-refractivity contribution in [2.24, 2.45) is 5.92 Å². The first kappa shape index (κ1) is 15.7. The van der Waals surface area contributed by atoms with Gasteiger partial charge in [0.1, 0.15) is 17.5 Å². The molecule has 3 N–H and O–H groups in total. The summed E-state index contributed by atoms with van der Waals surface area (Å²) in [5.74, 6) is 3.00. The smallest absolute Gasteiger partial charge is 0.135 e. The van der Waals surface area contributed by atoms with Gasteiger partial charge >= 0.3 is 0 Å². The molecule has 0 aliphatic rings. The molecular weight excluding hydrogens is 240 g/mol. The molecule has 1 unspecified atom stereocenters. The Kier molecular flexibility index (Phi) is 6.02. The summed E-state index contributed by atoms with van der Waals surface area (Å²) in [6.07, 6.45) is 0. The first-order valence-corrected chi connectivity index (χ1v) is 6.98. The van der Waals surface area contributed by atoms with Crippen LogP contribution in [0.25, 0.3) is 0 Å². The largest absolute Gasteiger partial charge is 0.394 e. The van der Waals surface area contributed by atoms with Crippen molar-refractivity contribution in [3.8, 4) is 0 Å². The Bertz CT molecular complexity index is 393. The van der Waals surface area contributed by atoms with E-state index in [1.54, 1.807) is 0 Å². The lowest BCUT2D eigenvalue weighted by Crippen LogP contribution is -2.30. The highest BCUT2D eigenvalue weighted by molar-refractivity contribution is 5.48. The fourth-order valence-electron chi connectivity index (χ4n) is 1.68. The zero-order chi connectivity index (χ0) is 14.4. The second-order valence-corrected chi connectivity index (χ2v) is 5.36. The van der Waals surface area contributed by atoms with Gasteiger partial charge in [-0.05, 0) is 12.8 Å². The van der Waals surface area contributed by atoms with E-state index in [1.165, 1.54) is 0 Å². The van der Waals surface area contributed by atoms with E-state index in [2.05, 4.69) is 48.3 Å². The molecule has 0 saturated carbocycles. The molecule has 0 spiro atoms. The maximum absolute atomic E-state index is 9.39. The van der Waals surface area contributed by atoms with Crippen molar-refractivity contribution in [1.82, 2.24) is 9.97 Å². The zero-order valence-electron chi connectivity index (χ0n) is 12.6. The highest BCUT2D eigenvalue weighted by Gasteiger charge is 2.14. The second-order valence-electron chi connectivity index (χ2n) is 5.36. The van der Waals surface area contributed by atoms with E-state index < -0.39 is 0 Å². The highest BCUT2D eigenvalue weighted by Crippen LogP contribution is 2.18. The third-order valence-corrected chi connectivity index (χ3v) is 2.95. The number of rotatable bonds is 7. The fourth-order valence-corrected chi connectivity index (χ4v) is 1.68. The monoisotopic (exact) mass is 266 g/mol. The van der Waals surface area contributed by atoms with Crippen LogP contribution in [0, 0.1) is 5.92 Å². The van der Waals surface area contributed by atoms with Crippen molar-refractivity contribution in [2.75, 3.05) is 23.8 Å². The number of hydrogen-bond donors (Lipinski definition) is 3. The maximum atomic E-state index is 9.39. The third-order valence-electron chi connectivity index (χ3n) is 2.95. The van der Waals surface area contributed by atoms with Crippen LogP contribution < -0.4 is 10.6 Å². The normalized spacial score (nSPS) is 12.8. The predicted octanol–water partition coefficient (Wildman–Crippen LogP) is 2.46. The number of aromatic nitrogens is 2.